The third-order valence-corrected chi connectivity index (χ3v) is 4.72. The van der Waals surface area contributed by atoms with Gasteiger partial charge in [0.2, 0.25) is 5.88 Å². The van der Waals surface area contributed by atoms with Crippen LogP contribution in [0.2, 0.25) is 0 Å². The minimum absolute atomic E-state index is 0.00453. The Bertz CT molecular complexity index is 920. The van der Waals surface area contributed by atoms with Crippen molar-refractivity contribution < 1.29 is 14.3 Å². The Morgan fingerprint density at radius 3 is 2.52 bits per heavy atom. The number of urea groups is 1. The maximum absolute atomic E-state index is 12.4. The van der Waals surface area contributed by atoms with Gasteiger partial charge < -0.3 is 19.7 Å². The average Bonchev–Trinajstić information content (AvgIpc) is 3.30. The summed E-state index contributed by atoms with van der Waals surface area (Å²) in [4.78, 5) is 14.2. The van der Waals surface area contributed by atoms with Crippen LogP contribution < -0.4 is 14.8 Å². The van der Waals surface area contributed by atoms with Crippen LogP contribution in [0.4, 0.5) is 10.5 Å². The van der Waals surface area contributed by atoms with E-state index in [0.29, 0.717) is 24.8 Å². The minimum Gasteiger partial charge on any atom is -0.497 e. The third kappa shape index (κ3) is 4.63. The molecule has 0 atom stereocenters. The number of piperidine rings is 1. The molecule has 1 saturated heterocycles. The minimum atomic E-state index is -0.114. The first kappa shape index (κ1) is 18.7. The summed E-state index contributed by atoms with van der Waals surface area (Å²) in [5.74, 6) is 1.86. The first-order valence-electron chi connectivity index (χ1n) is 9.41. The van der Waals surface area contributed by atoms with Crippen molar-refractivity contribution in [1.82, 2.24) is 24.9 Å². The molecule has 0 bridgehead atoms. The maximum atomic E-state index is 12.4. The van der Waals surface area contributed by atoms with Crippen LogP contribution >= 0.6 is 0 Å². The molecule has 1 N–H and O–H groups in total. The van der Waals surface area contributed by atoms with Gasteiger partial charge in [-0.05, 0) is 36.4 Å². The number of nitrogens with one attached hydrogen (secondary N) is 1. The van der Waals surface area contributed by atoms with Crippen molar-refractivity contribution in [3.8, 4) is 17.4 Å². The lowest BCUT2D eigenvalue weighted by molar-refractivity contribution is 0.110. The summed E-state index contributed by atoms with van der Waals surface area (Å²) in [5.41, 5.74) is 0.738. The van der Waals surface area contributed by atoms with Crippen LogP contribution in [0, 0.1) is 0 Å². The lowest BCUT2D eigenvalue weighted by atomic mass is 10.1. The van der Waals surface area contributed by atoms with Gasteiger partial charge in [0.25, 0.3) is 0 Å². The summed E-state index contributed by atoms with van der Waals surface area (Å²) in [6, 6.07) is 12.6. The average molecular weight is 394 g/mol. The van der Waals surface area contributed by atoms with Crippen molar-refractivity contribution in [3.63, 3.8) is 0 Å². The standard InChI is InChI=1S/C20H22N6O3/c1-28-16-5-3-15(4-6-16)22-20(27)25-13-9-17(10-14-25)29-19-8-7-18(23-24-19)26-12-2-11-21-26/h2-8,11-12,17H,9-10,13-14H2,1H3,(H,22,27). The zero-order valence-electron chi connectivity index (χ0n) is 16.1. The highest BCUT2D eigenvalue weighted by atomic mass is 16.5. The number of nitrogens with zero attached hydrogens (tertiary/aromatic N) is 5. The summed E-state index contributed by atoms with van der Waals surface area (Å²) >= 11 is 0. The number of ether oxygens (including phenoxy) is 2. The highest BCUT2D eigenvalue weighted by Gasteiger charge is 2.24. The second-order valence-electron chi connectivity index (χ2n) is 6.64. The van der Waals surface area contributed by atoms with Crippen molar-refractivity contribution in [3.05, 3.63) is 54.9 Å². The van der Waals surface area contributed by atoms with Gasteiger partial charge in [0.15, 0.2) is 5.82 Å². The van der Waals surface area contributed by atoms with E-state index in [1.165, 1.54) is 0 Å². The van der Waals surface area contributed by atoms with Gasteiger partial charge in [0.05, 0.1) is 7.11 Å². The van der Waals surface area contributed by atoms with E-state index >= 15 is 0 Å². The second-order valence-corrected chi connectivity index (χ2v) is 6.64. The number of anilines is 1. The summed E-state index contributed by atoms with van der Waals surface area (Å²) < 4.78 is 12.7. The lowest BCUT2D eigenvalue weighted by Gasteiger charge is -2.31. The molecule has 2 aromatic heterocycles. The van der Waals surface area contributed by atoms with Gasteiger partial charge in [-0.25, -0.2) is 9.48 Å². The number of hydrogen-bond donors (Lipinski definition) is 1. The van der Waals surface area contributed by atoms with E-state index in [2.05, 4.69) is 20.6 Å². The number of hydrogen-bond acceptors (Lipinski definition) is 6. The highest BCUT2D eigenvalue weighted by Crippen LogP contribution is 2.19. The molecule has 0 saturated carbocycles. The molecule has 0 aliphatic carbocycles. The molecule has 3 heterocycles. The number of amides is 2. The van der Waals surface area contributed by atoms with Crippen molar-refractivity contribution in [1.29, 1.82) is 0 Å². The molecule has 29 heavy (non-hydrogen) atoms. The van der Waals surface area contributed by atoms with Gasteiger partial charge in [-0.15, -0.1) is 10.2 Å². The summed E-state index contributed by atoms with van der Waals surface area (Å²) in [7, 11) is 1.61. The zero-order valence-corrected chi connectivity index (χ0v) is 16.1. The molecule has 2 amide bonds. The van der Waals surface area contributed by atoms with Crippen molar-refractivity contribution in [2.24, 2.45) is 0 Å². The Morgan fingerprint density at radius 1 is 1.10 bits per heavy atom. The number of carbonyl (C=O) groups excluding carboxylic acids is 1. The quantitative estimate of drug-likeness (QED) is 0.715. The van der Waals surface area contributed by atoms with Crippen LogP contribution in [0.25, 0.3) is 5.82 Å². The van der Waals surface area contributed by atoms with Gasteiger partial charge >= 0.3 is 6.03 Å². The largest absolute Gasteiger partial charge is 0.497 e. The zero-order chi connectivity index (χ0) is 20.1. The summed E-state index contributed by atoms with van der Waals surface area (Å²) in [5, 5.41) is 15.3. The van der Waals surface area contributed by atoms with E-state index in [4.69, 9.17) is 9.47 Å². The van der Waals surface area contributed by atoms with E-state index in [9.17, 15) is 4.79 Å². The molecule has 0 radical (unpaired) electrons. The Balaban J connectivity index is 1.26. The SMILES string of the molecule is COc1ccc(NC(=O)N2CCC(Oc3ccc(-n4cccn4)nn3)CC2)cc1. The monoisotopic (exact) mass is 394 g/mol. The van der Waals surface area contributed by atoms with Gasteiger partial charge in [-0.2, -0.15) is 5.10 Å². The number of methoxy groups -OCH3 is 1. The van der Waals surface area contributed by atoms with E-state index in [0.717, 1.165) is 24.3 Å². The number of benzene rings is 1. The van der Waals surface area contributed by atoms with Crippen LogP contribution in [0.1, 0.15) is 12.8 Å². The Labute approximate surface area is 168 Å². The molecular formula is C20H22N6O3. The van der Waals surface area contributed by atoms with Gasteiger partial charge in [-0.3, -0.25) is 0 Å². The molecule has 9 heteroatoms. The molecule has 9 nitrogen and oxygen atoms in total. The van der Waals surface area contributed by atoms with Crippen LogP contribution in [0.3, 0.4) is 0 Å². The molecule has 4 rings (SSSR count). The second kappa shape index (κ2) is 8.59. The van der Waals surface area contributed by atoms with Gasteiger partial charge in [-0.1, -0.05) is 0 Å². The number of carbonyl (C=O) groups is 1. The molecule has 1 aromatic carbocycles. The molecule has 1 aliphatic heterocycles. The summed E-state index contributed by atoms with van der Waals surface area (Å²) in [6.07, 6.45) is 4.96. The highest BCUT2D eigenvalue weighted by molar-refractivity contribution is 5.89. The predicted molar refractivity (Wildman–Crippen MR) is 106 cm³/mol. The normalized spacial score (nSPS) is 14.4. The topological polar surface area (TPSA) is 94.4 Å². The molecule has 150 valence electrons. The van der Waals surface area contributed by atoms with Crippen molar-refractivity contribution in [2.45, 2.75) is 18.9 Å². The smallest absolute Gasteiger partial charge is 0.321 e. The number of aromatic nitrogens is 4. The van der Waals surface area contributed by atoms with E-state index < -0.39 is 0 Å². The van der Waals surface area contributed by atoms with E-state index in [1.807, 2.05) is 36.4 Å². The number of rotatable bonds is 5. The Kier molecular flexibility index (Phi) is 5.55. The molecule has 0 unspecified atom stereocenters. The Morgan fingerprint density at radius 2 is 1.90 bits per heavy atom. The molecule has 0 spiro atoms. The maximum Gasteiger partial charge on any atom is 0.321 e. The van der Waals surface area contributed by atoms with Crippen LogP contribution in [-0.4, -0.2) is 57.2 Å². The Hall–Kier alpha value is -3.62. The van der Waals surface area contributed by atoms with Crippen LogP contribution in [0.15, 0.2) is 54.9 Å². The van der Waals surface area contributed by atoms with E-state index in [1.54, 1.807) is 35.2 Å². The lowest BCUT2D eigenvalue weighted by Crippen LogP contribution is -2.43. The first-order valence-corrected chi connectivity index (χ1v) is 9.41. The fourth-order valence-electron chi connectivity index (χ4n) is 3.13. The molecule has 1 aliphatic rings. The predicted octanol–water partition coefficient (Wildman–Crippen LogP) is 2.75. The molecule has 1 fully saturated rings. The van der Waals surface area contributed by atoms with Gasteiger partial charge in [0, 0.05) is 50.1 Å². The first-order chi connectivity index (χ1) is 14.2. The van der Waals surface area contributed by atoms with Gasteiger partial charge in [0.1, 0.15) is 11.9 Å². The summed E-state index contributed by atoms with van der Waals surface area (Å²) in [6.45, 7) is 1.23. The third-order valence-electron chi connectivity index (χ3n) is 4.72. The van der Waals surface area contributed by atoms with Crippen molar-refractivity contribution >= 4 is 11.7 Å². The van der Waals surface area contributed by atoms with E-state index in [-0.39, 0.29) is 12.1 Å². The molecule has 3 aromatic rings. The van der Waals surface area contributed by atoms with Crippen LogP contribution in [-0.2, 0) is 0 Å². The van der Waals surface area contributed by atoms with Crippen molar-refractivity contribution in [2.75, 3.05) is 25.5 Å². The fraction of sp³-hybridized carbons (Fsp3) is 0.300. The fourth-order valence-corrected chi connectivity index (χ4v) is 3.13. The van der Waals surface area contributed by atoms with Crippen LogP contribution in [0.5, 0.6) is 11.6 Å². The molecular weight excluding hydrogens is 372 g/mol. The number of likely N-dealkylation sites (tertiary alicyclic amines) is 1.